The van der Waals surface area contributed by atoms with E-state index < -0.39 is 6.10 Å². The lowest BCUT2D eigenvalue weighted by molar-refractivity contribution is 0.0924. The molecule has 1 aromatic carbocycles. The maximum absolute atomic E-state index is 11.5. The van der Waals surface area contributed by atoms with Gasteiger partial charge in [0.15, 0.2) is 0 Å². The van der Waals surface area contributed by atoms with Crippen LogP contribution in [0.2, 0.25) is 0 Å². The zero-order valence-electron chi connectivity index (χ0n) is 8.40. The molecule has 0 spiro atoms. The van der Waals surface area contributed by atoms with Gasteiger partial charge in [-0.3, -0.25) is 4.79 Å². The van der Waals surface area contributed by atoms with Crippen LogP contribution >= 0.6 is 0 Å². The first-order chi connectivity index (χ1) is 7.13. The molecule has 78 valence electrons. The summed E-state index contributed by atoms with van der Waals surface area (Å²) in [7, 11) is 0. The Morgan fingerprint density at radius 3 is 3.00 bits per heavy atom. The van der Waals surface area contributed by atoms with Crippen LogP contribution in [0, 0.1) is 11.3 Å². The third kappa shape index (κ3) is 3.41. The van der Waals surface area contributed by atoms with E-state index in [0.29, 0.717) is 11.1 Å². The van der Waals surface area contributed by atoms with Gasteiger partial charge in [0.1, 0.15) is 0 Å². The summed E-state index contributed by atoms with van der Waals surface area (Å²) < 4.78 is 0. The summed E-state index contributed by atoms with van der Waals surface area (Å²) in [4.78, 5) is 11.5. The summed E-state index contributed by atoms with van der Waals surface area (Å²) >= 11 is 0. The van der Waals surface area contributed by atoms with E-state index in [1.165, 1.54) is 6.07 Å². The minimum absolute atomic E-state index is 0.204. The Balaban J connectivity index is 2.70. The van der Waals surface area contributed by atoms with Crippen molar-refractivity contribution in [2.75, 3.05) is 6.54 Å². The number of aliphatic hydroxyl groups excluding tert-OH is 1. The van der Waals surface area contributed by atoms with Gasteiger partial charge in [0.2, 0.25) is 0 Å². The number of carbonyl (C=O) groups is 1. The van der Waals surface area contributed by atoms with Gasteiger partial charge in [-0.1, -0.05) is 6.07 Å². The molecule has 0 aromatic heterocycles. The maximum atomic E-state index is 11.5. The molecule has 0 unspecified atom stereocenters. The van der Waals surface area contributed by atoms with E-state index in [9.17, 15) is 4.79 Å². The normalized spacial score (nSPS) is 11.5. The zero-order chi connectivity index (χ0) is 11.3. The Bertz CT molecular complexity index is 394. The fourth-order valence-corrected chi connectivity index (χ4v) is 1.07. The van der Waals surface area contributed by atoms with Crippen LogP contribution in [0.5, 0.6) is 0 Å². The van der Waals surface area contributed by atoms with E-state index in [0.717, 1.165) is 0 Å². The standard InChI is InChI=1S/C11H12N2O2/c1-8(14)7-13-11(15)10-4-2-3-9(5-10)6-12/h2-5,8,14H,7H2,1H3,(H,13,15)/t8-/m0/s1. The summed E-state index contributed by atoms with van der Waals surface area (Å²) in [5.41, 5.74) is 0.870. The Morgan fingerprint density at radius 1 is 1.67 bits per heavy atom. The third-order valence-corrected chi connectivity index (χ3v) is 1.81. The molecule has 0 radical (unpaired) electrons. The lowest BCUT2D eigenvalue weighted by atomic mass is 10.1. The molecule has 4 nitrogen and oxygen atoms in total. The van der Waals surface area contributed by atoms with E-state index in [-0.39, 0.29) is 12.5 Å². The topological polar surface area (TPSA) is 73.1 Å². The van der Waals surface area contributed by atoms with Gasteiger partial charge >= 0.3 is 0 Å². The van der Waals surface area contributed by atoms with Gasteiger partial charge in [-0.15, -0.1) is 0 Å². The predicted molar refractivity (Wildman–Crippen MR) is 55.2 cm³/mol. The largest absolute Gasteiger partial charge is 0.392 e. The average molecular weight is 204 g/mol. The number of rotatable bonds is 3. The fourth-order valence-electron chi connectivity index (χ4n) is 1.07. The van der Waals surface area contributed by atoms with Crippen LogP contribution in [0.4, 0.5) is 0 Å². The predicted octanol–water partition coefficient (Wildman–Crippen LogP) is 0.669. The zero-order valence-corrected chi connectivity index (χ0v) is 8.40. The molecule has 0 aliphatic heterocycles. The molecule has 0 fully saturated rings. The van der Waals surface area contributed by atoms with Crippen LogP contribution < -0.4 is 5.32 Å². The van der Waals surface area contributed by atoms with Crippen LogP contribution in [-0.4, -0.2) is 23.7 Å². The Kier molecular flexibility index (Phi) is 3.83. The van der Waals surface area contributed by atoms with E-state index >= 15 is 0 Å². The second-order valence-electron chi connectivity index (χ2n) is 3.25. The van der Waals surface area contributed by atoms with E-state index in [1.807, 2.05) is 6.07 Å². The summed E-state index contributed by atoms with van der Waals surface area (Å²) in [6.07, 6.45) is -0.576. The number of hydrogen-bond donors (Lipinski definition) is 2. The molecule has 0 saturated carbocycles. The number of nitrogens with zero attached hydrogens (tertiary/aromatic N) is 1. The molecule has 0 aliphatic rings. The first-order valence-electron chi connectivity index (χ1n) is 4.60. The highest BCUT2D eigenvalue weighted by Gasteiger charge is 2.06. The summed E-state index contributed by atoms with van der Waals surface area (Å²) in [5, 5.41) is 20.2. The van der Waals surface area contributed by atoms with Crippen molar-refractivity contribution in [3.05, 3.63) is 35.4 Å². The van der Waals surface area contributed by atoms with Gasteiger partial charge < -0.3 is 10.4 Å². The Labute approximate surface area is 88.2 Å². The highest BCUT2D eigenvalue weighted by Crippen LogP contribution is 2.03. The van der Waals surface area contributed by atoms with Crippen molar-refractivity contribution in [2.45, 2.75) is 13.0 Å². The van der Waals surface area contributed by atoms with E-state index in [2.05, 4.69) is 5.32 Å². The van der Waals surface area contributed by atoms with Crippen molar-refractivity contribution in [2.24, 2.45) is 0 Å². The number of nitrogens with one attached hydrogen (secondary N) is 1. The lowest BCUT2D eigenvalue weighted by Crippen LogP contribution is -2.30. The van der Waals surface area contributed by atoms with Gasteiger partial charge in [-0.25, -0.2) is 0 Å². The van der Waals surface area contributed by atoms with Crippen LogP contribution in [0.1, 0.15) is 22.8 Å². The van der Waals surface area contributed by atoms with Gasteiger partial charge in [-0.05, 0) is 25.1 Å². The van der Waals surface area contributed by atoms with Crippen molar-refractivity contribution < 1.29 is 9.90 Å². The van der Waals surface area contributed by atoms with Crippen molar-refractivity contribution in [3.8, 4) is 6.07 Å². The first kappa shape index (κ1) is 11.2. The minimum Gasteiger partial charge on any atom is -0.392 e. The first-order valence-corrected chi connectivity index (χ1v) is 4.60. The molecule has 15 heavy (non-hydrogen) atoms. The minimum atomic E-state index is -0.576. The maximum Gasteiger partial charge on any atom is 0.251 e. The van der Waals surface area contributed by atoms with Crippen molar-refractivity contribution in [1.29, 1.82) is 5.26 Å². The van der Waals surface area contributed by atoms with Crippen molar-refractivity contribution in [3.63, 3.8) is 0 Å². The monoisotopic (exact) mass is 204 g/mol. The van der Waals surface area contributed by atoms with Gasteiger partial charge in [-0.2, -0.15) is 5.26 Å². The van der Waals surface area contributed by atoms with E-state index in [1.54, 1.807) is 25.1 Å². The molecule has 0 heterocycles. The molecule has 0 saturated heterocycles. The molecular formula is C11H12N2O2. The van der Waals surface area contributed by atoms with Crippen molar-refractivity contribution >= 4 is 5.91 Å². The molecule has 2 N–H and O–H groups in total. The highest BCUT2D eigenvalue weighted by molar-refractivity contribution is 5.94. The number of benzene rings is 1. The molecule has 1 atom stereocenters. The smallest absolute Gasteiger partial charge is 0.251 e. The van der Waals surface area contributed by atoms with Crippen LogP contribution in [0.15, 0.2) is 24.3 Å². The molecular weight excluding hydrogens is 192 g/mol. The number of hydrogen-bond acceptors (Lipinski definition) is 3. The molecule has 1 aromatic rings. The number of amides is 1. The van der Waals surface area contributed by atoms with Gasteiger partial charge in [0.25, 0.3) is 5.91 Å². The average Bonchev–Trinajstić information content (AvgIpc) is 2.26. The third-order valence-electron chi connectivity index (χ3n) is 1.81. The molecule has 0 aliphatic carbocycles. The van der Waals surface area contributed by atoms with Crippen LogP contribution in [0.3, 0.4) is 0 Å². The number of aliphatic hydroxyl groups is 1. The lowest BCUT2D eigenvalue weighted by Gasteiger charge is -2.06. The van der Waals surface area contributed by atoms with Crippen molar-refractivity contribution in [1.82, 2.24) is 5.32 Å². The SMILES string of the molecule is C[C@H](O)CNC(=O)c1cccc(C#N)c1. The number of nitriles is 1. The molecule has 4 heteroatoms. The highest BCUT2D eigenvalue weighted by atomic mass is 16.3. The molecule has 0 bridgehead atoms. The number of carbonyl (C=O) groups excluding carboxylic acids is 1. The summed E-state index contributed by atoms with van der Waals surface area (Å²) in [5.74, 6) is -0.284. The van der Waals surface area contributed by atoms with Crippen LogP contribution in [-0.2, 0) is 0 Å². The fraction of sp³-hybridized carbons (Fsp3) is 0.273. The summed E-state index contributed by atoms with van der Waals surface area (Å²) in [6, 6.07) is 8.37. The summed E-state index contributed by atoms with van der Waals surface area (Å²) in [6.45, 7) is 1.79. The van der Waals surface area contributed by atoms with E-state index in [4.69, 9.17) is 10.4 Å². The van der Waals surface area contributed by atoms with Gasteiger partial charge in [0.05, 0.1) is 17.7 Å². The van der Waals surface area contributed by atoms with Crippen LogP contribution in [0.25, 0.3) is 0 Å². The quantitative estimate of drug-likeness (QED) is 0.760. The molecule has 1 rings (SSSR count). The van der Waals surface area contributed by atoms with Gasteiger partial charge in [0, 0.05) is 12.1 Å². The molecule has 1 amide bonds. The second-order valence-corrected chi connectivity index (χ2v) is 3.25. The Morgan fingerprint density at radius 2 is 2.40 bits per heavy atom. The second kappa shape index (κ2) is 5.13. The Hall–Kier alpha value is -1.86.